The molecule has 3 fully saturated rings. The molecule has 3 aliphatic rings. The van der Waals surface area contributed by atoms with Gasteiger partial charge in [0.2, 0.25) is 0 Å². The highest BCUT2D eigenvalue weighted by Crippen LogP contribution is 2.54. The van der Waals surface area contributed by atoms with Crippen molar-refractivity contribution >= 4 is 44.8 Å². The summed E-state index contributed by atoms with van der Waals surface area (Å²) < 4.78 is 0.472. The van der Waals surface area contributed by atoms with Gasteiger partial charge in [0.15, 0.2) is 0 Å². The molecule has 2 aromatic rings. The Balaban J connectivity index is 1.44. The molecule has 1 spiro atoms. The average molecular weight is 558 g/mol. The zero-order valence-corrected chi connectivity index (χ0v) is 21.5. The van der Waals surface area contributed by atoms with Crippen LogP contribution in [0.3, 0.4) is 0 Å². The first kappa shape index (κ1) is 24.4. The molecule has 5 rings (SSSR count). The molecule has 1 atom stereocenters. The number of halogens is 1. The number of hydrogen-bond donors (Lipinski definition) is 3. The molecule has 36 heavy (non-hydrogen) atoms. The first-order valence-electron chi connectivity index (χ1n) is 12.0. The van der Waals surface area contributed by atoms with Crippen molar-refractivity contribution in [1.82, 2.24) is 20.1 Å². The third-order valence-corrected chi connectivity index (χ3v) is 7.79. The van der Waals surface area contributed by atoms with Crippen molar-refractivity contribution in [2.24, 2.45) is 5.41 Å². The maximum absolute atomic E-state index is 13.5. The minimum absolute atomic E-state index is 0.127. The molecule has 1 unspecified atom stereocenters. The second-order valence-electron chi connectivity index (χ2n) is 9.60. The number of carbonyl (C=O) groups excluding carboxylic acids is 2. The fourth-order valence-corrected chi connectivity index (χ4v) is 5.58. The van der Waals surface area contributed by atoms with Crippen LogP contribution in [0, 0.1) is 15.5 Å². The number of amides is 2. The Morgan fingerprint density at radius 1 is 1.17 bits per heavy atom. The SMILES string of the molecule is CNc1cncc(C(=O)N2CC(Nc3c(C(=O)N4CCNCC4)cc(Br)cc3[N+](=O)[O-])C3(CC3)C2)c1. The molecule has 11 nitrogen and oxygen atoms in total. The molecule has 2 aliphatic heterocycles. The Hall–Kier alpha value is -3.25. The lowest BCUT2D eigenvalue weighted by Gasteiger charge is -2.29. The van der Waals surface area contributed by atoms with Gasteiger partial charge in [-0.2, -0.15) is 0 Å². The minimum atomic E-state index is -0.464. The number of nitrogens with zero attached hydrogens (tertiary/aromatic N) is 4. The lowest BCUT2D eigenvalue weighted by atomic mass is 9.99. The summed E-state index contributed by atoms with van der Waals surface area (Å²) in [5, 5.41) is 21.6. The number of piperazine rings is 1. The zero-order valence-electron chi connectivity index (χ0n) is 19.9. The largest absolute Gasteiger partial charge is 0.387 e. The van der Waals surface area contributed by atoms with E-state index in [1.165, 1.54) is 6.07 Å². The second-order valence-corrected chi connectivity index (χ2v) is 10.5. The van der Waals surface area contributed by atoms with E-state index < -0.39 is 4.92 Å². The summed E-state index contributed by atoms with van der Waals surface area (Å²) >= 11 is 3.34. The first-order valence-corrected chi connectivity index (χ1v) is 12.8. The van der Waals surface area contributed by atoms with Crippen LogP contribution in [0.15, 0.2) is 35.1 Å². The normalized spacial score (nSPS) is 20.3. The molecule has 12 heteroatoms. The number of pyridine rings is 1. The van der Waals surface area contributed by atoms with Gasteiger partial charge in [-0.05, 0) is 25.0 Å². The van der Waals surface area contributed by atoms with Crippen molar-refractivity contribution in [3.05, 3.63) is 56.3 Å². The predicted octanol–water partition coefficient (Wildman–Crippen LogP) is 2.56. The number of hydrogen-bond acceptors (Lipinski definition) is 8. The van der Waals surface area contributed by atoms with Crippen LogP contribution in [0.25, 0.3) is 0 Å². The number of nitrogens with one attached hydrogen (secondary N) is 3. The van der Waals surface area contributed by atoms with Crippen molar-refractivity contribution in [2.75, 3.05) is 56.9 Å². The molecule has 3 heterocycles. The van der Waals surface area contributed by atoms with E-state index in [1.807, 2.05) is 0 Å². The molecule has 3 N–H and O–H groups in total. The second kappa shape index (κ2) is 9.66. The smallest absolute Gasteiger partial charge is 0.294 e. The molecular weight excluding hydrogens is 530 g/mol. The van der Waals surface area contributed by atoms with E-state index in [0.29, 0.717) is 49.3 Å². The van der Waals surface area contributed by atoms with Crippen molar-refractivity contribution in [1.29, 1.82) is 0 Å². The van der Waals surface area contributed by atoms with Crippen molar-refractivity contribution in [3.8, 4) is 0 Å². The lowest BCUT2D eigenvalue weighted by molar-refractivity contribution is -0.384. The zero-order chi connectivity index (χ0) is 25.4. The van der Waals surface area contributed by atoms with E-state index >= 15 is 0 Å². The van der Waals surface area contributed by atoms with E-state index in [2.05, 4.69) is 36.9 Å². The third kappa shape index (κ3) is 4.62. The van der Waals surface area contributed by atoms with Gasteiger partial charge in [0.25, 0.3) is 17.5 Å². The van der Waals surface area contributed by atoms with Crippen LogP contribution < -0.4 is 16.0 Å². The monoisotopic (exact) mass is 557 g/mol. The van der Waals surface area contributed by atoms with Crippen LogP contribution in [0.5, 0.6) is 0 Å². The summed E-state index contributed by atoms with van der Waals surface area (Å²) in [6.07, 6.45) is 5.02. The van der Waals surface area contributed by atoms with Crippen molar-refractivity contribution in [2.45, 2.75) is 18.9 Å². The van der Waals surface area contributed by atoms with Gasteiger partial charge in [0, 0.05) is 74.7 Å². The summed E-state index contributed by atoms with van der Waals surface area (Å²) in [6.45, 7) is 3.37. The number of carbonyl (C=O) groups is 2. The maximum Gasteiger partial charge on any atom is 0.294 e. The average Bonchev–Trinajstić information content (AvgIpc) is 3.59. The van der Waals surface area contributed by atoms with Gasteiger partial charge in [-0.15, -0.1) is 0 Å². The fourth-order valence-electron chi connectivity index (χ4n) is 5.13. The van der Waals surface area contributed by atoms with E-state index in [9.17, 15) is 19.7 Å². The van der Waals surface area contributed by atoms with E-state index in [4.69, 9.17) is 0 Å². The standard InChI is InChI=1S/C24H28BrN7O4/c1-26-17-8-15(11-28-12-17)22(33)31-13-20(24(14-31)2-3-24)29-21-18(9-16(25)10-19(21)32(35)36)23(34)30-6-4-27-5-7-30/h8-12,20,26-27,29H,2-7,13-14H2,1H3. The van der Waals surface area contributed by atoms with E-state index in [-0.39, 0.29) is 40.2 Å². The van der Waals surface area contributed by atoms with Gasteiger partial charge in [-0.25, -0.2) is 0 Å². The first-order chi connectivity index (χ1) is 17.3. The van der Waals surface area contributed by atoms with E-state index in [0.717, 1.165) is 18.5 Å². The molecular formula is C24H28BrN7O4. The maximum atomic E-state index is 13.5. The quantitative estimate of drug-likeness (QED) is 0.364. The summed E-state index contributed by atoms with van der Waals surface area (Å²) in [5.74, 6) is -0.369. The number of nitro benzene ring substituents is 1. The van der Waals surface area contributed by atoms with Crippen LogP contribution in [0.1, 0.15) is 33.6 Å². The van der Waals surface area contributed by atoms with Gasteiger partial charge in [-0.3, -0.25) is 24.7 Å². The Bertz CT molecular complexity index is 1210. The van der Waals surface area contributed by atoms with Gasteiger partial charge in [0.1, 0.15) is 5.69 Å². The molecule has 190 valence electrons. The molecule has 2 saturated heterocycles. The molecule has 1 aromatic carbocycles. The Labute approximate surface area is 216 Å². The number of nitro groups is 1. The summed E-state index contributed by atoms with van der Waals surface area (Å²) in [7, 11) is 1.77. The molecule has 1 saturated carbocycles. The fraction of sp³-hybridized carbons (Fsp3) is 0.458. The van der Waals surface area contributed by atoms with Crippen LogP contribution in [0.4, 0.5) is 17.1 Å². The number of benzene rings is 1. The van der Waals surface area contributed by atoms with E-state index in [1.54, 1.807) is 41.4 Å². The number of likely N-dealkylation sites (tertiary alicyclic amines) is 1. The molecule has 1 aliphatic carbocycles. The summed E-state index contributed by atoms with van der Waals surface area (Å²) in [5.41, 5.74) is 1.40. The Kier molecular flexibility index (Phi) is 6.56. The molecule has 0 radical (unpaired) electrons. The van der Waals surface area contributed by atoms with Gasteiger partial charge in [0.05, 0.1) is 27.8 Å². The highest BCUT2D eigenvalue weighted by molar-refractivity contribution is 9.10. The number of aromatic nitrogens is 1. The topological polar surface area (TPSA) is 133 Å². The van der Waals surface area contributed by atoms with Gasteiger partial charge in [-0.1, -0.05) is 15.9 Å². The van der Waals surface area contributed by atoms with Crippen LogP contribution >= 0.6 is 15.9 Å². The van der Waals surface area contributed by atoms with Gasteiger partial charge >= 0.3 is 0 Å². The van der Waals surface area contributed by atoms with Crippen molar-refractivity contribution < 1.29 is 14.5 Å². The van der Waals surface area contributed by atoms with Crippen LogP contribution in [-0.4, -0.2) is 83.9 Å². The van der Waals surface area contributed by atoms with Crippen molar-refractivity contribution in [3.63, 3.8) is 0 Å². The minimum Gasteiger partial charge on any atom is -0.387 e. The summed E-state index contributed by atoms with van der Waals surface area (Å²) in [6, 6.07) is 4.62. The number of rotatable bonds is 6. The molecule has 0 bridgehead atoms. The highest BCUT2D eigenvalue weighted by atomic mass is 79.9. The highest BCUT2D eigenvalue weighted by Gasteiger charge is 2.56. The molecule has 1 aromatic heterocycles. The third-order valence-electron chi connectivity index (χ3n) is 7.33. The molecule has 2 amide bonds. The number of anilines is 2. The summed E-state index contributed by atoms with van der Waals surface area (Å²) in [4.78, 5) is 45.9. The van der Waals surface area contributed by atoms with Crippen LogP contribution in [-0.2, 0) is 0 Å². The Morgan fingerprint density at radius 3 is 2.58 bits per heavy atom. The Morgan fingerprint density at radius 2 is 1.92 bits per heavy atom. The van der Waals surface area contributed by atoms with Crippen LogP contribution in [0.2, 0.25) is 0 Å². The van der Waals surface area contributed by atoms with Gasteiger partial charge < -0.3 is 25.8 Å². The lowest BCUT2D eigenvalue weighted by Crippen LogP contribution is -2.46. The predicted molar refractivity (Wildman–Crippen MR) is 138 cm³/mol.